The fraction of sp³-hybridized carbons (Fsp3) is 0.414. The molecule has 0 radical (unpaired) electrons. The molecule has 2 saturated heterocycles. The Hall–Kier alpha value is -3.32. The number of halogens is 3. The third kappa shape index (κ3) is 6.47. The van der Waals surface area contributed by atoms with Gasteiger partial charge in [-0.15, -0.1) is 0 Å². The van der Waals surface area contributed by atoms with E-state index in [9.17, 15) is 19.1 Å². The quantitative estimate of drug-likeness (QED) is 0.441. The molecular weight excluding hydrogens is 524 g/mol. The lowest BCUT2D eigenvalue weighted by Crippen LogP contribution is -2.51. The lowest BCUT2D eigenvalue weighted by molar-refractivity contribution is -0.0693. The highest BCUT2D eigenvalue weighted by atomic mass is 35.5. The van der Waals surface area contributed by atoms with E-state index in [0.29, 0.717) is 41.7 Å². The zero-order chi connectivity index (χ0) is 27.4. The van der Waals surface area contributed by atoms with Crippen LogP contribution in [0.1, 0.15) is 36.3 Å². The number of hydrogen-bond acceptors (Lipinski definition) is 7. The van der Waals surface area contributed by atoms with Crippen molar-refractivity contribution < 1.29 is 18.6 Å². The van der Waals surface area contributed by atoms with Crippen molar-refractivity contribution in [1.82, 2.24) is 14.9 Å². The molecule has 0 aliphatic carbocycles. The van der Waals surface area contributed by atoms with Gasteiger partial charge < -0.3 is 14.7 Å². The second-order valence-corrected chi connectivity index (χ2v) is 10.6. The van der Waals surface area contributed by atoms with Gasteiger partial charge in [-0.2, -0.15) is 5.26 Å². The number of aliphatic hydroxyl groups is 1. The van der Waals surface area contributed by atoms with Crippen molar-refractivity contribution >= 4 is 17.4 Å². The minimum absolute atomic E-state index is 0.0242. The number of likely N-dealkylation sites (tertiary alicyclic amines) is 1. The van der Waals surface area contributed by atoms with E-state index in [-0.39, 0.29) is 17.8 Å². The first kappa shape index (κ1) is 27.3. The zero-order valence-electron chi connectivity index (χ0n) is 21.4. The summed E-state index contributed by atoms with van der Waals surface area (Å²) in [5.74, 6) is -0.609. The molecule has 2 fully saturated rings. The van der Waals surface area contributed by atoms with Crippen LogP contribution in [0.15, 0.2) is 54.9 Å². The molecule has 2 aliphatic heterocycles. The van der Waals surface area contributed by atoms with Gasteiger partial charge >= 0.3 is 0 Å². The summed E-state index contributed by atoms with van der Waals surface area (Å²) < 4.78 is 33.9. The molecule has 10 heteroatoms. The van der Waals surface area contributed by atoms with Gasteiger partial charge in [0, 0.05) is 62.4 Å². The molecule has 4 heterocycles. The third-order valence-electron chi connectivity index (χ3n) is 7.84. The van der Waals surface area contributed by atoms with E-state index in [1.807, 2.05) is 0 Å². The van der Waals surface area contributed by atoms with E-state index in [2.05, 4.69) is 25.8 Å². The van der Waals surface area contributed by atoms with Gasteiger partial charge in [0.15, 0.2) is 11.6 Å². The number of pyridine rings is 2. The fourth-order valence-corrected chi connectivity index (χ4v) is 5.72. The summed E-state index contributed by atoms with van der Waals surface area (Å²) in [5.41, 5.74) is 1.26. The normalized spacial score (nSPS) is 21.4. The number of nitriles is 1. The van der Waals surface area contributed by atoms with Crippen molar-refractivity contribution in [3.05, 3.63) is 82.6 Å². The number of aliphatic hydroxyl groups excluding tert-OH is 1. The summed E-state index contributed by atoms with van der Waals surface area (Å²) in [6.45, 7) is 2.98. The Balaban J connectivity index is 1.25. The van der Waals surface area contributed by atoms with E-state index in [4.69, 9.17) is 16.3 Å². The molecule has 2 aromatic heterocycles. The Bertz CT molecular complexity index is 1310. The van der Waals surface area contributed by atoms with Crippen LogP contribution in [0.25, 0.3) is 0 Å². The zero-order valence-corrected chi connectivity index (χ0v) is 22.1. The largest absolute Gasteiger partial charge is 0.477 e. The van der Waals surface area contributed by atoms with Crippen LogP contribution in [0.2, 0.25) is 5.02 Å². The standard InChI is InChI=1S/C29H30ClF2N5O2/c30-23-2-4-28(35-16-23)39-18-22-8-12-37(17-24(22)21-1-3-25(31)26(32)14-21)29(38)20-6-10-36(11-7-20)27-13-19(15-33)5-9-34-27/h1-5,9,13-14,16,20,22,24,29,38H,6-8,10-12,17-18H2/t22?,24-,29?/m1/s1. The fourth-order valence-electron chi connectivity index (χ4n) is 5.61. The average molecular weight is 554 g/mol. The second kappa shape index (κ2) is 12.2. The summed E-state index contributed by atoms with van der Waals surface area (Å²) >= 11 is 5.92. The van der Waals surface area contributed by atoms with Gasteiger partial charge in [-0.05, 0) is 55.2 Å². The van der Waals surface area contributed by atoms with Crippen LogP contribution in [0.3, 0.4) is 0 Å². The predicted molar refractivity (Wildman–Crippen MR) is 143 cm³/mol. The number of nitrogens with zero attached hydrogens (tertiary/aromatic N) is 5. The first-order chi connectivity index (χ1) is 18.9. The maximum atomic E-state index is 14.2. The van der Waals surface area contributed by atoms with Crippen molar-refractivity contribution in [1.29, 1.82) is 5.26 Å². The van der Waals surface area contributed by atoms with Gasteiger partial charge in [0.1, 0.15) is 12.0 Å². The van der Waals surface area contributed by atoms with Gasteiger partial charge in [0.05, 0.1) is 23.3 Å². The van der Waals surface area contributed by atoms with E-state index >= 15 is 0 Å². The molecule has 0 spiro atoms. The Labute approximate surface area is 231 Å². The molecule has 39 heavy (non-hydrogen) atoms. The highest BCUT2D eigenvalue weighted by molar-refractivity contribution is 6.30. The SMILES string of the molecule is N#Cc1ccnc(N2CCC(C(O)N3CCC(COc4ccc(Cl)cn4)[C@@H](c4ccc(F)c(F)c4)C3)CC2)c1. The highest BCUT2D eigenvalue weighted by Crippen LogP contribution is 2.36. The number of aromatic nitrogens is 2. The third-order valence-corrected chi connectivity index (χ3v) is 8.06. The van der Waals surface area contributed by atoms with E-state index in [0.717, 1.165) is 44.2 Å². The van der Waals surface area contributed by atoms with Crippen molar-refractivity contribution in [3.8, 4) is 11.9 Å². The monoisotopic (exact) mass is 553 g/mol. The molecule has 2 unspecified atom stereocenters. The number of benzene rings is 1. The Kier molecular flexibility index (Phi) is 8.56. The maximum Gasteiger partial charge on any atom is 0.213 e. The molecule has 1 N–H and O–H groups in total. The molecule has 3 aromatic rings. The molecule has 7 nitrogen and oxygen atoms in total. The smallest absolute Gasteiger partial charge is 0.213 e. The van der Waals surface area contributed by atoms with E-state index < -0.39 is 17.9 Å². The Morgan fingerprint density at radius 3 is 2.59 bits per heavy atom. The topological polar surface area (TPSA) is 85.5 Å². The minimum atomic E-state index is -0.884. The molecule has 0 amide bonds. The summed E-state index contributed by atoms with van der Waals surface area (Å²) in [5, 5.41) is 21.1. The predicted octanol–water partition coefficient (Wildman–Crippen LogP) is 5.00. The lowest BCUT2D eigenvalue weighted by Gasteiger charge is -2.44. The van der Waals surface area contributed by atoms with E-state index in [1.54, 1.807) is 36.5 Å². The van der Waals surface area contributed by atoms with Crippen LogP contribution in [0.4, 0.5) is 14.6 Å². The average Bonchev–Trinajstić information content (AvgIpc) is 2.98. The Morgan fingerprint density at radius 2 is 1.87 bits per heavy atom. The molecule has 2 aliphatic rings. The van der Waals surface area contributed by atoms with Gasteiger partial charge in [0.2, 0.25) is 5.88 Å². The number of anilines is 1. The van der Waals surface area contributed by atoms with Crippen molar-refractivity contribution in [2.45, 2.75) is 31.4 Å². The van der Waals surface area contributed by atoms with Gasteiger partial charge in [-0.1, -0.05) is 17.7 Å². The minimum Gasteiger partial charge on any atom is -0.477 e. The van der Waals surface area contributed by atoms with Crippen molar-refractivity contribution in [2.75, 3.05) is 37.7 Å². The molecule has 1 aromatic carbocycles. The van der Waals surface area contributed by atoms with E-state index in [1.165, 1.54) is 12.3 Å². The van der Waals surface area contributed by atoms with Crippen LogP contribution >= 0.6 is 11.6 Å². The number of hydrogen-bond donors (Lipinski definition) is 1. The van der Waals surface area contributed by atoms with Crippen molar-refractivity contribution in [3.63, 3.8) is 0 Å². The van der Waals surface area contributed by atoms with Crippen LogP contribution < -0.4 is 9.64 Å². The van der Waals surface area contributed by atoms with Gasteiger partial charge in [0.25, 0.3) is 0 Å². The molecule has 3 atom stereocenters. The maximum absolute atomic E-state index is 14.2. The summed E-state index contributed by atoms with van der Waals surface area (Å²) in [7, 11) is 0. The summed E-state index contributed by atoms with van der Waals surface area (Å²) in [6.07, 6.45) is 4.78. The summed E-state index contributed by atoms with van der Waals surface area (Å²) in [6, 6.07) is 13.1. The van der Waals surface area contributed by atoms with Crippen LogP contribution in [0.5, 0.6) is 5.88 Å². The molecule has 0 bridgehead atoms. The van der Waals surface area contributed by atoms with Gasteiger partial charge in [-0.3, -0.25) is 4.90 Å². The molecule has 204 valence electrons. The highest BCUT2D eigenvalue weighted by Gasteiger charge is 2.37. The Morgan fingerprint density at radius 1 is 1.05 bits per heavy atom. The first-order valence-corrected chi connectivity index (χ1v) is 13.5. The first-order valence-electron chi connectivity index (χ1n) is 13.1. The van der Waals surface area contributed by atoms with Crippen LogP contribution in [-0.2, 0) is 0 Å². The second-order valence-electron chi connectivity index (χ2n) is 10.2. The number of rotatable bonds is 7. The molecule has 0 saturated carbocycles. The van der Waals surface area contributed by atoms with Crippen molar-refractivity contribution in [2.24, 2.45) is 11.8 Å². The molecule has 5 rings (SSSR count). The number of ether oxygens (including phenoxy) is 1. The lowest BCUT2D eigenvalue weighted by atomic mass is 9.80. The van der Waals surface area contributed by atoms with Gasteiger partial charge in [-0.25, -0.2) is 18.7 Å². The van der Waals surface area contributed by atoms with Crippen LogP contribution in [-0.4, -0.2) is 59.0 Å². The number of piperidine rings is 2. The van der Waals surface area contributed by atoms with Crippen LogP contribution in [0, 0.1) is 34.8 Å². The summed E-state index contributed by atoms with van der Waals surface area (Å²) in [4.78, 5) is 12.8. The molecular formula is C29H30ClF2N5O2.